The van der Waals surface area contributed by atoms with Crippen molar-refractivity contribution in [3.05, 3.63) is 52.4 Å². The summed E-state index contributed by atoms with van der Waals surface area (Å²) in [6, 6.07) is 10.9. The van der Waals surface area contributed by atoms with E-state index in [2.05, 4.69) is 10.2 Å². The largest absolute Gasteiger partial charge is 0.367 e. The molecule has 1 N–H and O–H groups in total. The Balaban J connectivity index is 1.68. The smallest absolute Gasteiger partial charge is 0.194 e. The van der Waals surface area contributed by atoms with Crippen LogP contribution in [0.3, 0.4) is 0 Å². The zero-order valence-corrected chi connectivity index (χ0v) is 11.5. The highest BCUT2D eigenvalue weighted by atomic mass is 19.1. The Morgan fingerprint density at radius 3 is 2.38 bits per heavy atom. The van der Waals surface area contributed by atoms with Crippen LogP contribution in [0.5, 0.6) is 0 Å². The zero-order chi connectivity index (χ0) is 14.4. The third-order valence-electron chi connectivity index (χ3n) is 4.19. The topological polar surface area (TPSA) is 32.3 Å². The Morgan fingerprint density at radius 1 is 0.952 bits per heavy atom. The number of hydrogen-bond acceptors (Lipinski definition) is 3. The zero-order valence-electron chi connectivity index (χ0n) is 11.5. The lowest BCUT2D eigenvalue weighted by Crippen LogP contribution is -2.43. The van der Waals surface area contributed by atoms with Gasteiger partial charge >= 0.3 is 0 Å². The highest BCUT2D eigenvalue weighted by Crippen LogP contribution is 2.29. The molecule has 0 unspecified atom stereocenters. The Morgan fingerprint density at radius 2 is 1.67 bits per heavy atom. The van der Waals surface area contributed by atoms with Gasteiger partial charge in [0.05, 0.1) is 5.69 Å². The molecule has 1 saturated heterocycles. The van der Waals surface area contributed by atoms with E-state index in [4.69, 9.17) is 0 Å². The van der Waals surface area contributed by atoms with E-state index in [1.165, 1.54) is 0 Å². The summed E-state index contributed by atoms with van der Waals surface area (Å²) < 4.78 is 14.4. The minimum absolute atomic E-state index is 0.110. The van der Waals surface area contributed by atoms with Gasteiger partial charge < -0.3 is 10.2 Å². The van der Waals surface area contributed by atoms with Crippen molar-refractivity contribution < 1.29 is 4.39 Å². The third-order valence-corrected chi connectivity index (χ3v) is 4.19. The molecule has 0 saturated carbocycles. The van der Waals surface area contributed by atoms with Crippen molar-refractivity contribution in [2.75, 3.05) is 31.1 Å². The fraction of sp³-hybridized carbons (Fsp3) is 0.235. The van der Waals surface area contributed by atoms with Gasteiger partial charge in [-0.1, -0.05) is 12.1 Å². The SMILES string of the molecule is O=c1c2ccc(-c3ccc(N4CCNCC4)c(F)c3)cc12. The summed E-state index contributed by atoms with van der Waals surface area (Å²) in [7, 11) is 0. The maximum Gasteiger partial charge on any atom is 0.194 e. The molecule has 4 rings (SSSR count). The molecule has 4 heteroatoms. The molecule has 0 amide bonds. The molecule has 1 fully saturated rings. The minimum atomic E-state index is -0.203. The van der Waals surface area contributed by atoms with Crippen molar-refractivity contribution >= 4 is 16.5 Å². The van der Waals surface area contributed by atoms with E-state index in [9.17, 15) is 9.18 Å². The van der Waals surface area contributed by atoms with E-state index in [-0.39, 0.29) is 11.2 Å². The summed E-state index contributed by atoms with van der Waals surface area (Å²) in [4.78, 5) is 13.4. The molecule has 3 aromatic carbocycles. The maximum atomic E-state index is 14.4. The lowest BCUT2D eigenvalue weighted by atomic mass is 10.0. The molecular weight excluding hydrogens is 267 g/mol. The van der Waals surface area contributed by atoms with Crippen LogP contribution in [0.1, 0.15) is 0 Å². The van der Waals surface area contributed by atoms with Crippen LogP contribution < -0.4 is 15.6 Å². The normalized spacial score (nSPS) is 16.0. The summed E-state index contributed by atoms with van der Waals surface area (Å²) in [5, 5.41) is 4.81. The second kappa shape index (κ2) is 4.67. The first kappa shape index (κ1) is 12.5. The van der Waals surface area contributed by atoms with Gasteiger partial charge in [0.2, 0.25) is 0 Å². The van der Waals surface area contributed by atoms with Crippen LogP contribution >= 0.6 is 0 Å². The molecule has 0 radical (unpaired) electrons. The van der Waals surface area contributed by atoms with E-state index in [1.807, 2.05) is 30.3 Å². The number of anilines is 1. The molecule has 0 aromatic heterocycles. The molecule has 21 heavy (non-hydrogen) atoms. The number of hydrogen-bond donors (Lipinski definition) is 1. The van der Waals surface area contributed by atoms with Gasteiger partial charge in [0.25, 0.3) is 0 Å². The number of nitrogens with zero attached hydrogens (tertiary/aromatic N) is 1. The Bertz CT molecular complexity index is 827. The van der Waals surface area contributed by atoms with E-state index >= 15 is 0 Å². The third kappa shape index (κ3) is 2.12. The first-order valence-electron chi connectivity index (χ1n) is 7.18. The predicted octanol–water partition coefficient (Wildman–Crippen LogP) is 2.29. The summed E-state index contributed by atoms with van der Waals surface area (Å²) in [5.74, 6) is -0.203. The van der Waals surface area contributed by atoms with Crippen LogP contribution in [0.15, 0.2) is 41.2 Å². The fourth-order valence-electron chi connectivity index (χ4n) is 2.91. The average Bonchev–Trinajstić information content (AvgIpc) is 3.18. The standard InChI is InChI=1S/C17H15FN2O/c18-15-10-12(11-1-3-13-14(9-11)17(13)21)2-4-16(15)20-7-5-19-6-8-20/h1-4,9-10,19H,5-8H2. The van der Waals surface area contributed by atoms with Crippen molar-refractivity contribution in [2.24, 2.45) is 0 Å². The summed E-state index contributed by atoms with van der Waals surface area (Å²) >= 11 is 0. The quantitative estimate of drug-likeness (QED) is 0.782. The molecule has 0 bridgehead atoms. The van der Waals surface area contributed by atoms with Gasteiger partial charge in [0.1, 0.15) is 5.82 Å². The van der Waals surface area contributed by atoms with Crippen molar-refractivity contribution in [3.8, 4) is 11.1 Å². The molecule has 1 aliphatic rings. The molecule has 3 aromatic rings. The molecule has 0 spiro atoms. The molecule has 3 nitrogen and oxygen atoms in total. The van der Waals surface area contributed by atoms with Crippen LogP contribution in [0, 0.1) is 5.82 Å². The fourth-order valence-corrected chi connectivity index (χ4v) is 2.91. The summed E-state index contributed by atoms with van der Waals surface area (Å²) in [6.45, 7) is 3.41. The van der Waals surface area contributed by atoms with Crippen molar-refractivity contribution in [3.63, 3.8) is 0 Å². The minimum Gasteiger partial charge on any atom is -0.367 e. The molecule has 106 valence electrons. The van der Waals surface area contributed by atoms with E-state index in [0.29, 0.717) is 5.69 Å². The number of piperazine rings is 1. The number of benzene rings is 2. The number of nitrogens with one attached hydrogen (secondary N) is 1. The monoisotopic (exact) mass is 282 g/mol. The van der Waals surface area contributed by atoms with Gasteiger partial charge in [-0.2, -0.15) is 0 Å². The predicted molar refractivity (Wildman–Crippen MR) is 83.1 cm³/mol. The van der Waals surface area contributed by atoms with E-state index in [1.54, 1.807) is 6.07 Å². The van der Waals surface area contributed by atoms with Crippen molar-refractivity contribution in [2.45, 2.75) is 0 Å². The molecule has 0 aliphatic carbocycles. The number of halogens is 1. The highest BCUT2D eigenvalue weighted by Gasteiger charge is 2.16. The van der Waals surface area contributed by atoms with E-state index in [0.717, 1.165) is 48.1 Å². The second-order valence-corrected chi connectivity index (χ2v) is 5.49. The van der Waals surface area contributed by atoms with Gasteiger partial charge in [-0.05, 0) is 35.4 Å². The number of rotatable bonds is 2. The Kier molecular flexibility index (Phi) is 2.79. The van der Waals surface area contributed by atoms with Gasteiger partial charge in [-0.3, -0.25) is 4.79 Å². The molecular formula is C17H15FN2O. The van der Waals surface area contributed by atoms with Gasteiger partial charge in [-0.25, -0.2) is 4.39 Å². The highest BCUT2D eigenvalue weighted by molar-refractivity contribution is 6.00. The van der Waals surface area contributed by atoms with Crippen LogP contribution in [-0.4, -0.2) is 26.2 Å². The van der Waals surface area contributed by atoms with Crippen molar-refractivity contribution in [1.29, 1.82) is 0 Å². The van der Waals surface area contributed by atoms with Gasteiger partial charge in [0.15, 0.2) is 5.43 Å². The average molecular weight is 282 g/mol. The van der Waals surface area contributed by atoms with Crippen LogP contribution in [0.2, 0.25) is 0 Å². The van der Waals surface area contributed by atoms with Gasteiger partial charge in [0, 0.05) is 37.0 Å². The summed E-state index contributed by atoms with van der Waals surface area (Å²) in [5.41, 5.74) is 2.47. The van der Waals surface area contributed by atoms with Crippen LogP contribution in [0.25, 0.3) is 21.9 Å². The second-order valence-electron chi connectivity index (χ2n) is 5.49. The van der Waals surface area contributed by atoms with Crippen molar-refractivity contribution in [1.82, 2.24) is 5.32 Å². The maximum absolute atomic E-state index is 14.4. The van der Waals surface area contributed by atoms with Crippen LogP contribution in [0.4, 0.5) is 10.1 Å². The Hall–Kier alpha value is -2.20. The van der Waals surface area contributed by atoms with E-state index < -0.39 is 0 Å². The lowest BCUT2D eigenvalue weighted by Gasteiger charge is -2.29. The Labute approximate surface area is 121 Å². The first-order chi connectivity index (χ1) is 10.2. The molecule has 1 heterocycles. The first-order valence-corrected chi connectivity index (χ1v) is 7.18. The van der Waals surface area contributed by atoms with Gasteiger partial charge in [-0.15, -0.1) is 0 Å². The lowest BCUT2D eigenvalue weighted by molar-refractivity contribution is 0.566. The summed E-state index contributed by atoms with van der Waals surface area (Å²) in [6.07, 6.45) is 0. The number of fused-ring (bicyclic) bond motifs is 1. The van der Waals surface area contributed by atoms with Crippen LogP contribution in [-0.2, 0) is 0 Å². The molecule has 1 aliphatic heterocycles. The molecule has 0 atom stereocenters.